The number of hydrogen-bond acceptors (Lipinski definition) is 3. The number of carbonyl (C=O) groups excluding carboxylic acids is 1. The zero-order valence-corrected chi connectivity index (χ0v) is 15.3. The predicted octanol–water partition coefficient (Wildman–Crippen LogP) is 3.44. The van der Waals surface area contributed by atoms with Gasteiger partial charge in [-0.1, -0.05) is 41.9 Å². The lowest BCUT2D eigenvalue weighted by molar-refractivity contribution is -0.00358. The van der Waals surface area contributed by atoms with Gasteiger partial charge in [0.15, 0.2) is 0 Å². The van der Waals surface area contributed by atoms with Crippen LogP contribution in [0.2, 0.25) is 5.02 Å². The van der Waals surface area contributed by atoms with Crippen LogP contribution in [-0.4, -0.2) is 52.4 Å². The molecular weight excluding hydrogens is 346 g/mol. The first-order chi connectivity index (χ1) is 12.7. The molecule has 4 saturated heterocycles. The number of likely N-dealkylation sites (tertiary alicyclic amines) is 1. The number of nitrogens with zero attached hydrogens (tertiary/aromatic N) is 3. The minimum absolute atomic E-state index is 0.0452. The third kappa shape index (κ3) is 2.55. The number of rotatable bonds is 2. The number of pyridine rings is 1. The molecule has 2 aromatic rings. The first-order valence-corrected chi connectivity index (χ1v) is 9.82. The summed E-state index contributed by atoms with van der Waals surface area (Å²) in [6.07, 6.45) is 3.95. The van der Waals surface area contributed by atoms with Gasteiger partial charge in [-0.05, 0) is 49.5 Å². The molecule has 6 rings (SSSR count). The fourth-order valence-electron chi connectivity index (χ4n) is 5.30. The molecule has 0 radical (unpaired) electrons. The molecule has 0 unspecified atom stereocenters. The van der Waals surface area contributed by atoms with Crippen LogP contribution in [0.5, 0.6) is 0 Å². The van der Waals surface area contributed by atoms with Crippen LogP contribution >= 0.6 is 11.6 Å². The van der Waals surface area contributed by atoms with E-state index in [0.717, 1.165) is 19.6 Å². The highest BCUT2D eigenvalue weighted by Gasteiger charge is 2.54. The average Bonchev–Trinajstić information content (AvgIpc) is 3.12. The van der Waals surface area contributed by atoms with E-state index in [0.29, 0.717) is 34.6 Å². The molecule has 4 fully saturated rings. The van der Waals surface area contributed by atoms with Crippen LogP contribution in [0.15, 0.2) is 48.7 Å². The van der Waals surface area contributed by atoms with Crippen molar-refractivity contribution < 1.29 is 4.79 Å². The Morgan fingerprint density at radius 1 is 1.04 bits per heavy atom. The molecule has 0 saturated carbocycles. The standard InChI is InChI=1S/C21H22ClN3O/c22-16-6-7-18(23-12-16)21(26)25-13-17(14-4-2-1-3-5-14)20-19(25)15-8-10-24(20)11-9-15/h1-7,12,15,17,19-20H,8-11,13H2/t17-,19+,20+/m0/s1. The number of fused-ring (bicyclic) bond motifs is 2. The van der Waals surface area contributed by atoms with Gasteiger partial charge in [0.05, 0.1) is 11.1 Å². The first kappa shape index (κ1) is 16.3. The number of piperidine rings is 3. The van der Waals surface area contributed by atoms with E-state index in [1.165, 1.54) is 18.4 Å². The summed E-state index contributed by atoms with van der Waals surface area (Å²) in [5.74, 6) is 1.03. The molecule has 4 nitrogen and oxygen atoms in total. The summed E-state index contributed by atoms with van der Waals surface area (Å²) < 4.78 is 0. The van der Waals surface area contributed by atoms with Crippen LogP contribution in [-0.2, 0) is 0 Å². The van der Waals surface area contributed by atoms with E-state index in [-0.39, 0.29) is 5.91 Å². The van der Waals surface area contributed by atoms with Crippen LogP contribution in [0, 0.1) is 5.92 Å². The van der Waals surface area contributed by atoms with Gasteiger partial charge >= 0.3 is 0 Å². The van der Waals surface area contributed by atoms with Crippen molar-refractivity contribution in [1.82, 2.24) is 14.8 Å². The van der Waals surface area contributed by atoms with Crippen LogP contribution in [0.3, 0.4) is 0 Å². The number of amides is 1. The Balaban J connectivity index is 1.52. The SMILES string of the molecule is O=C(c1ccc(Cl)cn1)N1C[C@@H](c2ccccc2)[C@@H]2[C@H]1C1CCN2CC1. The van der Waals surface area contributed by atoms with Crippen molar-refractivity contribution in [2.24, 2.45) is 5.92 Å². The number of carbonyl (C=O) groups is 1. The molecule has 1 aromatic heterocycles. The minimum atomic E-state index is 0.0452. The Kier molecular flexibility index (Phi) is 3.98. The number of benzene rings is 1. The zero-order chi connectivity index (χ0) is 17.7. The topological polar surface area (TPSA) is 36.4 Å². The van der Waals surface area contributed by atoms with Crippen LogP contribution in [0.1, 0.15) is 34.8 Å². The second-order valence-corrected chi connectivity index (χ2v) is 8.13. The lowest BCUT2D eigenvalue weighted by atomic mass is 9.75. The molecular formula is C21H22ClN3O. The summed E-state index contributed by atoms with van der Waals surface area (Å²) in [6.45, 7) is 3.10. The van der Waals surface area contributed by atoms with Crippen molar-refractivity contribution in [1.29, 1.82) is 0 Å². The first-order valence-electron chi connectivity index (χ1n) is 9.44. The van der Waals surface area contributed by atoms with E-state index in [4.69, 9.17) is 11.6 Å². The van der Waals surface area contributed by atoms with Crippen molar-refractivity contribution in [3.8, 4) is 0 Å². The molecule has 134 valence electrons. The van der Waals surface area contributed by atoms with Gasteiger partial charge in [-0.2, -0.15) is 0 Å². The van der Waals surface area contributed by atoms with E-state index < -0.39 is 0 Å². The number of aromatic nitrogens is 1. The van der Waals surface area contributed by atoms with E-state index in [1.54, 1.807) is 18.3 Å². The van der Waals surface area contributed by atoms with Crippen molar-refractivity contribution >= 4 is 17.5 Å². The van der Waals surface area contributed by atoms with Gasteiger partial charge in [-0.25, -0.2) is 4.98 Å². The fraction of sp³-hybridized carbons (Fsp3) is 0.429. The molecule has 0 spiro atoms. The minimum Gasteiger partial charge on any atom is -0.332 e. The van der Waals surface area contributed by atoms with Crippen LogP contribution < -0.4 is 0 Å². The normalized spacial score (nSPS) is 32.5. The van der Waals surface area contributed by atoms with Gasteiger partial charge in [-0.15, -0.1) is 0 Å². The van der Waals surface area contributed by atoms with Crippen molar-refractivity contribution in [2.75, 3.05) is 19.6 Å². The lowest BCUT2D eigenvalue weighted by Crippen LogP contribution is -2.60. The van der Waals surface area contributed by atoms with E-state index >= 15 is 0 Å². The molecule has 1 aromatic carbocycles. The molecule has 1 amide bonds. The second-order valence-electron chi connectivity index (χ2n) is 7.69. The summed E-state index contributed by atoms with van der Waals surface area (Å²) in [5.41, 5.74) is 1.84. The maximum atomic E-state index is 13.3. The Labute approximate surface area is 158 Å². The Bertz CT molecular complexity index is 802. The van der Waals surface area contributed by atoms with Gasteiger partial charge in [0, 0.05) is 24.7 Å². The predicted molar refractivity (Wildman–Crippen MR) is 101 cm³/mol. The van der Waals surface area contributed by atoms with Crippen LogP contribution in [0.4, 0.5) is 0 Å². The monoisotopic (exact) mass is 367 g/mol. The molecule has 2 bridgehead atoms. The quantitative estimate of drug-likeness (QED) is 0.815. The highest BCUT2D eigenvalue weighted by molar-refractivity contribution is 6.30. The lowest BCUT2D eigenvalue weighted by Gasteiger charge is -2.51. The smallest absolute Gasteiger partial charge is 0.272 e. The summed E-state index contributed by atoms with van der Waals surface area (Å²) in [7, 11) is 0. The maximum absolute atomic E-state index is 13.3. The average molecular weight is 368 g/mol. The van der Waals surface area contributed by atoms with Gasteiger partial charge in [0.1, 0.15) is 5.69 Å². The van der Waals surface area contributed by atoms with Gasteiger partial charge in [-0.3, -0.25) is 9.69 Å². The van der Waals surface area contributed by atoms with Gasteiger partial charge < -0.3 is 4.90 Å². The third-order valence-corrected chi connectivity index (χ3v) is 6.65. The van der Waals surface area contributed by atoms with Crippen molar-refractivity contribution in [2.45, 2.75) is 30.8 Å². The van der Waals surface area contributed by atoms with E-state index in [2.05, 4.69) is 45.1 Å². The van der Waals surface area contributed by atoms with Gasteiger partial charge in [0.2, 0.25) is 0 Å². The van der Waals surface area contributed by atoms with Gasteiger partial charge in [0.25, 0.3) is 5.91 Å². The Morgan fingerprint density at radius 3 is 2.50 bits per heavy atom. The summed E-state index contributed by atoms with van der Waals surface area (Å²) in [5, 5.41) is 0.561. The third-order valence-electron chi connectivity index (χ3n) is 6.43. The van der Waals surface area contributed by atoms with Crippen LogP contribution in [0.25, 0.3) is 0 Å². The number of halogens is 1. The van der Waals surface area contributed by atoms with E-state index in [9.17, 15) is 4.79 Å². The maximum Gasteiger partial charge on any atom is 0.272 e. The largest absolute Gasteiger partial charge is 0.332 e. The molecule has 4 aliphatic rings. The highest BCUT2D eigenvalue weighted by atomic mass is 35.5. The fourth-order valence-corrected chi connectivity index (χ4v) is 5.41. The molecule has 4 aliphatic heterocycles. The molecule has 26 heavy (non-hydrogen) atoms. The second kappa shape index (κ2) is 6.36. The zero-order valence-electron chi connectivity index (χ0n) is 14.6. The summed E-state index contributed by atoms with van der Waals surface area (Å²) in [6, 6.07) is 14.9. The molecule has 3 atom stereocenters. The highest BCUT2D eigenvalue weighted by Crippen LogP contribution is 2.46. The number of hydrogen-bond donors (Lipinski definition) is 0. The summed E-state index contributed by atoms with van der Waals surface area (Å²) in [4.78, 5) is 22.3. The molecule has 0 aliphatic carbocycles. The molecule has 5 heterocycles. The Morgan fingerprint density at radius 2 is 1.81 bits per heavy atom. The summed E-state index contributed by atoms with van der Waals surface area (Å²) >= 11 is 5.95. The van der Waals surface area contributed by atoms with Crippen molar-refractivity contribution in [3.05, 3.63) is 64.9 Å². The molecule has 5 heteroatoms. The Hall–Kier alpha value is -1.91. The van der Waals surface area contributed by atoms with E-state index in [1.807, 2.05) is 0 Å². The molecule has 0 N–H and O–H groups in total. The van der Waals surface area contributed by atoms with Crippen molar-refractivity contribution in [3.63, 3.8) is 0 Å².